The van der Waals surface area contributed by atoms with Gasteiger partial charge in [-0.25, -0.2) is 9.37 Å². The van der Waals surface area contributed by atoms with Gasteiger partial charge in [-0.3, -0.25) is 0 Å². The molecule has 0 aliphatic heterocycles. The van der Waals surface area contributed by atoms with Crippen molar-refractivity contribution in [2.24, 2.45) is 0 Å². The van der Waals surface area contributed by atoms with Gasteiger partial charge < -0.3 is 16.8 Å². The van der Waals surface area contributed by atoms with Crippen molar-refractivity contribution >= 4 is 23.4 Å². The second-order valence-corrected chi connectivity index (χ2v) is 4.42. The van der Waals surface area contributed by atoms with Gasteiger partial charge in [-0.1, -0.05) is 12.1 Å². The molecular weight excluding hydrogens is 285 g/mol. The Morgan fingerprint density at radius 1 is 0.909 bits per heavy atom. The Morgan fingerprint density at radius 3 is 2.50 bits per heavy atom. The standard InChI is InChI=1S/C14H12FN7/c15-8-3-1-4-9(7-8)18-14-21-12(20-13(17)22-14)10-5-2-6-11(16)19-10/h1-7H,(H2,16,19)(H3,17,18,20,21,22). The zero-order valence-electron chi connectivity index (χ0n) is 11.4. The lowest BCUT2D eigenvalue weighted by Gasteiger charge is -2.07. The van der Waals surface area contributed by atoms with Gasteiger partial charge in [0.25, 0.3) is 0 Å². The van der Waals surface area contributed by atoms with Crippen LogP contribution in [0.4, 0.5) is 27.8 Å². The van der Waals surface area contributed by atoms with E-state index in [0.29, 0.717) is 17.2 Å². The number of anilines is 4. The molecule has 7 nitrogen and oxygen atoms in total. The third-order valence-electron chi connectivity index (χ3n) is 2.73. The fourth-order valence-electron chi connectivity index (χ4n) is 1.83. The van der Waals surface area contributed by atoms with Crippen molar-refractivity contribution < 1.29 is 4.39 Å². The van der Waals surface area contributed by atoms with Gasteiger partial charge in [-0.15, -0.1) is 0 Å². The molecule has 2 aromatic heterocycles. The highest BCUT2D eigenvalue weighted by Gasteiger charge is 2.09. The molecular formula is C14H12FN7. The third-order valence-corrected chi connectivity index (χ3v) is 2.73. The summed E-state index contributed by atoms with van der Waals surface area (Å²) in [5.41, 5.74) is 12.3. The van der Waals surface area contributed by atoms with Crippen molar-refractivity contribution in [2.45, 2.75) is 0 Å². The summed E-state index contributed by atoms with van der Waals surface area (Å²) in [5, 5.41) is 2.87. The molecule has 0 unspecified atom stereocenters. The number of hydrogen-bond acceptors (Lipinski definition) is 7. The lowest BCUT2D eigenvalue weighted by atomic mass is 10.3. The van der Waals surface area contributed by atoms with E-state index in [1.165, 1.54) is 12.1 Å². The number of nitrogens with zero attached hydrogens (tertiary/aromatic N) is 4. The monoisotopic (exact) mass is 297 g/mol. The van der Waals surface area contributed by atoms with Crippen LogP contribution < -0.4 is 16.8 Å². The molecule has 0 bridgehead atoms. The largest absolute Gasteiger partial charge is 0.384 e. The van der Waals surface area contributed by atoms with E-state index in [2.05, 4.69) is 25.3 Å². The molecule has 0 fully saturated rings. The molecule has 0 saturated carbocycles. The fourth-order valence-corrected chi connectivity index (χ4v) is 1.83. The third kappa shape index (κ3) is 3.06. The summed E-state index contributed by atoms with van der Waals surface area (Å²) in [6, 6.07) is 11.0. The summed E-state index contributed by atoms with van der Waals surface area (Å²) in [5.74, 6) is 0.463. The minimum Gasteiger partial charge on any atom is -0.384 e. The second-order valence-electron chi connectivity index (χ2n) is 4.42. The Balaban J connectivity index is 1.96. The van der Waals surface area contributed by atoms with Crippen LogP contribution in [-0.4, -0.2) is 19.9 Å². The van der Waals surface area contributed by atoms with Crippen molar-refractivity contribution in [1.29, 1.82) is 0 Å². The number of halogens is 1. The highest BCUT2D eigenvalue weighted by Crippen LogP contribution is 2.19. The molecule has 0 atom stereocenters. The number of aromatic nitrogens is 4. The van der Waals surface area contributed by atoms with Crippen LogP contribution >= 0.6 is 0 Å². The van der Waals surface area contributed by atoms with Gasteiger partial charge in [0.05, 0.1) is 0 Å². The molecule has 0 aliphatic rings. The summed E-state index contributed by atoms with van der Waals surface area (Å²) in [6.07, 6.45) is 0. The number of hydrogen-bond donors (Lipinski definition) is 3. The van der Waals surface area contributed by atoms with Gasteiger partial charge >= 0.3 is 0 Å². The molecule has 3 aromatic rings. The van der Waals surface area contributed by atoms with Crippen LogP contribution in [0.5, 0.6) is 0 Å². The predicted molar refractivity (Wildman–Crippen MR) is 81.6 cm³/mol. The Labute approximate surface area is 125 Å². The van der Waals surface area contributed by atoms with E-state index in [4.69, 9.17) is 11.5 Å². The number of rotatable bonds is 3. The molecule has 1 aromatic carbocycles. The van der Waals surface area contributed by atoms with Gasteiger partial charge in [-0.05, 0) is 30.3 Å². The molecule has 0 saturated heterocycles. The number of nitrogens with one attached hydrogen (secondary N) is 1. The molecule has 2 heterocycles. The Bertz CT molecular complexity index is 822. The summed E-state index contributed by atoms with van der Waals surface area (Å²) < 4.78 is 13.2. The maximum absolute atomic E-state index is 13.2. The quantitative estimate of drug-likeness (QED) is 0.676. The van der Waals surface area contributed by atoms with Crippen LogP contribution in [0, 0.1) is 5.82 Å². The first-order chi connectivity index (χ1) is 10.6. The minimum atomic E-state index is -0.371. The van der Waals surface area contributed by atoms with Gasteiger partial charge in [-0.2, -0.15) is 15.0 Å². The predicted octanol–water partition coefficient (Wildman–Crippen LogP) is 1.98. The highest BCUT2D eigenvalue weighted by molar-refractivity contribution is 5.59. The molecule has 8 heteroatoms. The van der Waals surface area contributed by atoms with Crippen molar-refractivity contribution in [2.75, 3.05) is 16.8 Å². The van der Waals surface area contributed by atoms with Gasteiger partial charge in [0.15, 0.2) is 5.82 Å². The van der Waals surface area contributed by atoms with Gasteiger partial charge in [0.1, 0.15) is 17.3 Å². The molecule has 3 rings (SSSR count). The molecule has 5 N–H and O–H groups in total. The maximum Gasteiger partial charge on any atom is 0.232 e. The number of benzene rings is 1. The molecule has 0 radical (unpaired) electrons. The van der Waals surface area contributed by atoms with E-state index in [0.717, 1.165) is 0 Å². The van der Waals surface area contributed by atoms with Gasteiger partial charge in [0, 0.05) is 5.69 Å². The summed E-state index contributed by atoms with van der Waals surface area (Å²) in [7, 11) is 0. The Kier molecular flexibility index (Phi) is 3.48. The SMILES string of the molecule is Nc1cccc(-c2nc(N)nc(Nc3cccc(F)c3)n2)n1. The van der Waals surface area contributed by atoms with Crippen molar-refractivity contribution in [1.82, 2.24) is 19.9 Å². The van der Waals surface area contributed by atoms with E-state index < -0.39 is 0 Å². The lowest BCUT2D eigenvalue weighted by molar-refractivity contribution is 0.628. The van der Waals surface area contributed by atoms with Crippen LogP contribution in [0.15, 0.2) is 42.5 Å². The molecule has 22 heavy (non-hydrogen) atoms. The van der Waals surface area contributed by atoms with E-state index in [9.17, 15) is 4.39 Å². The molecule has 110 valence electrons. The minimum absolute atomic E-state index is 0.0214. The van der Waals surface area contributed by atoms with Crippen LogP contribution in [0.2, 0.25) is 0 Å². The van der Waals surface area contributed by atoms with E-state index in [1.807, 2.05) is 0 Å². The summed E-state index contributed by atoms with van der Waals surface area (Å²) in [6.45, 7) is 0. The molecule has 0 aliphatic carbocycles. The van der Waals surface area contributed by atoms with E-state index >= 15 is 0 Å². The zero-order valence-corrected chi connectivity index (χ0v) is 11.4. The normalized spacial score (nSPS) is 10.4. The van der Waals surface area contributed by atoms with E-state index in [1.54, 1.807) is 30.3 Å². The summed E-state index contributed by atoms with van der Waals surface area (Å²) >= 11 is 0. The second kappa shape index (κ2) is 5.60. The first-order valence-corrected chi connectivity index (χ1v) is 6.37. The number of pyridine rings is 1. The first kappa shape index (κ1) is 13.7. The van der Waals surface area contributed by atoms with Gasteiger partial charge in [0.2, 0.25) is 11.9 Å². The van der Waals surface area contributed by atoms with Crippen molar-refractivity contribution in [3.05, 3.63) is 48.3 Å². The fraction of sp³-hybridized carbons (Fsp3) is 0. The Hall–Kier alpha value is -3.29. The van der Waals surface area contributed by atoms with E-state index in [-0.39, 0.29) is 23.5 Å². The average Bonchev–Trinajstić information content (AvgIpc) is 2.46. The summed E-state index contributed by atoms with van der Waals surface area (Å²) in [4.78, 5) is 16.3. The van der Waals surface area contributed by atoms with Crippen LogP contribution in [0.1, 0.15) is 0 Å². The van der Waals surface area contributed by atoms with Crippen molar-refractivity contribution in [3.8, 4) is 11.5 Å². The number of nitrogen functional groups attached to an aromatic ring is 2. The lowest BCUT2D eigenvalue weighted by Crippen LogP contribution is -2.06. The van der Waals surface area contributed by atoms with Crippen molar-refractivity contribution in [3.63, 3.8) is 0 Å². The Morgan fingerprint density at radius 2 is 1.73 bits per heavy atom. The van der Waals surface area contributed by atoms with Crippen LogP contribution in [0.25, 0.3) is 11.5 Å². The topological polar surface area (TPSA) is 116 Å². The van der Waals surface area contributed by atoms with Crippen LogP contribution in [0.3, 0.4) is 0 Å². The average molecular weight is 297 g/mol. The molecule has 0 amide bonds. The molecule has 0 spiro atoms. The maximum atomic E-state index is 13.2. The van der Waals surface area contributed by atoms with Crippen LogP contribution in [-0.2, 0) is 0 Å². The zero-order chi connectivity index (χ0) is 15.5. The smallest absolute Gasteiger partial charge is 0.232 e. The number of nitrogens with two attached hydrogens (primary N) is 2. The first-order valence-electron chi connectivity index (χ1n) is 6.37. The highest BCUT2D eigenvalue weighted by atomic mass is 19.1.